The number of methoxy groups -OCH3 is 1. The van der Waals surface area contributed by atoms with Gasteiger partial charge in [-0.1, -0.05) is 12.1 Å². The van der Waals surface area contributed by atoms with Gasteiger partial charge in [0.15, 0.2) is 0 Å². The SMILES string of the molecule is CNC1CCCC1OCc1ccc(OC)cc1. The molecule has 94 valence electrons. The fourth-order valence-corrected chi connectivity index (χ4v) is 2.38. The van der Waals surface area contributed by atoms with Gasteiger partial charge in [0.25, 0.3) is 0 Å². The molecule has 0 aliphatic heterocycles. The van der Waals surface area contributed by atoms with Gasteiger partial charge in [-0.15, -0.1) is 0 Å². The largest absolute Gasteiger partial charge is 0.497 e. The van der Waals surface area contributed by atoms with E-state index in [0.717, 1.165) is 5.75 Å². The minimum atomic E-state index is 0.363. The zero-order chi connectivity index (χ0) is 12.1. The Kier molecular flexibility index (Phi) is 4.40. The van der Waals surface area contributed by atoms with Crippen LogP contribution in [0.25, 0.3) is 0 Å². The van der Waals surface area contributed by atoms with Crippen molar-refractivity contribution < 1.29 is 9.47 Å². The molecule has 2 rings (SSSR count). The zero-order valence-corrected chi connectivity index (χ0v) is 10.6. The van der Waals surface area contributed by atoms with Crippen molar-refractivity contribution in [2.45, 2.75) is 38.0 Å². The number of rotatable bonds is 5. The lowest BCUT2D eigenvalue weighted by Gasteiger charge is -2.19. The topological polar surface area (TPSA) is 30.5 Å². The molecule has 2 atom stereocenters. The fraction of sp³-hybridized carbons (Fsp3) is 0.571. The molecule has 1 aromatic rings. The molecular weight excluding hydrogens is 214 g/mol. The van der Waals surface area contributed by atoms with E-state index in [0.29, 0.717) is 18.8 Å². The summed E-state index contributed by atoms with van der Waals surface area (Å²) in [6.07, 6.45) is 4.02. The van der Waals surface area contributed by atoms with E-state index in [2.05, 4.69) is 17.4 Å². The summed E-state index contributed by atoms with van der Waals surface area (Å²) >= 11 is 0. The van der Waals surface area contributed by atoms with E-state index in [1.165, 1.54) is 24.8 Å². The first-order valence-corrected chi connectivity index (χ1v) is 6.25. The van der Waals surface area contributed by atoms with Gasteiger partial charge in [-0.3, -0.25) is 0 Å². The number of benzene rings is 1. The van der Waals surface area contributed by atoms with Gasteiger partial charge in [-0.2, -0.15) is 0 Å². The predicted molar refractivity (Wildman–Crippen MR) is 68.3 cm³/mol. The quantitative estimate of drug-likeness (QED) is 0.850. The molecule has 17 heavy (non-hydrogen) atoms. The van der Waals surface area contributed by atoms with Crippen LogP contribution in [0.15, 0.2) is 24.3 Å². The van der Waals surface area contributed by atoms with Crippen molar-refractivity contribution in [2.24, 2.45) is 0 Å². The molecule has 0 saturated heterocycles. The zero-order valence-electron chi connectivity index (χ0n) is 10.6. The number of likely N-dealkylation sites (N-methyl/N-ethyl adjacent to an activating group) is 1. The second-order valence-electron chi connectivity index (χ2n) is 4.52. The molecule has 0 spiro atoms. The molecule has 0 aromatic heterocycles. The van der Waals surface area contributed by atoms with Crippen LogP contribution < -0.4 is 10.1 Å². The van der Waals surface area contributed by atoms with E-state index in [4.69, 9.17) is 9.47 Å². The van der Waals surface area contributed by atoms with E-state index in [1.54, 1.807) is 7.11 Å². The Labute approximate surface area is 103 Å². The van der Waals surface area contributed by atoms with Gasteiger partial charge in [-0.05, 0) is 44.0 Å². The Morgan fingerprint density at radius 3 is 2.65 bits per heavy atom. The van der Waals surface area contributed by atoms with Crippen LogP contribution in [0.4, 0.5) is 0 Å². The Hall–Kier alpha value is -1.06. The average Bonchev–Trinajstić information content (AvgIpc) is 2.84. The summed E-state index contributed by atoms with van der Waals surface area (Å²) in [5.74, 6) is 0.891. The van der Waals surface area contributed by atoms with Crippen LogP contribution in [0.1, 0.15) is 24.8 Å². The van der Waals surface area contributed by atoms with E-state index >= 15 is 0 Å². The third-order valence-corrected chi connectivity index (χ3v) is 3.45. The van der Waals surface area contributed by atoms with Crippen LogP contribution in [-0.4, -0.2) is 26.3 Å². The van der Waals surface area contributed by atoms with Gasteiger partial charge >= 0.3 is 0 Å². The summed E-state index contributed by atoms with van der Waals surface area (Å²) in [7, 11) is 3.70. The summed E-state index contributed by atoms with van der Waals surface area (Å²) in [4.78, 5) is 0. The Morgan fingerprint density at radius 2 is 2.00 bits per heavy atom. The van der Waals surface area contributed by atoms with Gasteiger partial charge in [0, 0.05) is 6.04 Å². The minimum Gasteiger partial charge on any atom is -0.497 e. The molecule has 1 aliphatic rings. The second kappa shape index (κ2) is 6.03. The number of hydrogen-bond donors (Lipinski definition) is 1. The highest BCUT2D eigenvalue weighted by atomic mass is 16.5. The lowest BCUT2D eigenvalue weighted by molar-refractivity contribution is 0.0295. The van der Waals surface area contributed by atoms with Gasteiger partial charge in [0.1, 0.15) is 5.75 Å². The van der Waals surface area contributed by atoms with Crippen LogP contribution in [0.3, 0.4) is 0 Å². The maximum Gasteiger partial charge on any atom is 0.118 e. The molecule has 1 aromatic carbocycles. The average molecular weight is 235 g/mol. The van der Waals surface area contributed by atoms with E-state index in [1.807, 2.05) is 19.2 Å². The summed E-state index contributed by atoms with van der Waals surface area (Å²) < 4.78 is 11.1. The summed E-state index contributed by atoms with van der Waals surface area (Å²) in [5, 5.41) is 3.32. The molecule has 2 unspecified atom stereocenters. The standard InChI is InChI=1S/C14H21NO2/c1-15-13-4-3-5-14(13)17-10-11-6-8-12(16-2)9-7-11/h6-9,13-15H,3-5,10H2,1-2H3. The van der Waals surface area contributed by atoms with Gasteiger partial charge in [-0.25, -0.2) is 0 Å². The third kappa shape index (κ3) is 3.20. The maximum absolute atomic E-state index is 5.96. The highest BCUT2D eigenvalue weighted by Crippen LogP contribution is 2.23. The van der Waals surface area contributed by atoms with Crippen molar-refractivity contribution in [3.05, 3.63) is 29.8 Å². The molecule has 1 aliphatic carbocycles. The highest BCUT2D eigenvalue weighted by Gasteiger charge is 2.26. The van der Waals surface area contributed by atoms with E-state index < -0.39 is 0 Å². The van der Waals surface area contributed by atoms with Gasteiger partial charge in [0.2, 0.25) is 0 Å². The normalized spacial score (nSPS) is 23.9. The molecule has 3 nitrogen and oxygen atoms in total. The van der Waals surface area contributed by atoms with Crippen molar-refractivity contribution in [3.8, 4) is 5.75 Å². The summed E-state index contributed by atoms with van der Waals surface area (Å²) in [5.41, 5.74) is 1.20. The Morgan fingerprint density at radius 1 is 1.24 bits per heavy atom. The van der Waals surface area contributed by atoms with Crippen molar-refractivity contribution in [2.75, 3.05) is 14.2 Å². The van der Waals surface area contributed by atoms with Crippen LogP contribution in [0.5, 0.6) is 5.75 Å². The minimum absolute atomic E-state index is 0.363. The van der Waals surface area contributed by atoms with Crippen LogP contribution in [0, 0.1) is 0 Å². The number of hydrogen-bond acceptors (Lipinski definition) is 3. The summed E-state index contributed by atoms with van der Waals surface area (Å²) in [6.45, 7) is 0.687. The number of ether oxygens (including phenoxy) is 2. The van der Waals surface area contributed by atoms with Crippen LogP contribution in [0.2, 0.25) is 0 Å². The predicted octanol–water partition coefficient (Wildman–Crippen LogP) is 2.35. The van der Waals surface area contributed by atoms with Crippen LogP contribution in [-0.2, 0) is 11.3 Å². The third-order valence-electron chi connectivity index (χ3n) is 3.45. The Bertz CT molecular complexity index is 337. The Balaban J connectivity index is 1.84. The fourth-order valence-electron chi connectivity index (χ4n) is 2.38. The number of nitrogens with one attached hydrogen (secondary N) is 1. The molecule has 0 amide bonds. The first-order chi connectivity index (χ1) is 8.33. The lowest BCUT2D eigenvalue weighted by atomic mass is 10.2. The van der Waals surface area contributed by atoms with Gasteiger partial charge in [0.05, 0.1) is 19.8 Å². The first-order valence-electron chi connectivity index (χ1n) is 6.25. The highest BCUT2D eigenvalue weighted by molar-refractivity contribution is 5.26. The monoisotopic (exact) mass is 235 g/mol. The lowest BCUT2D eigenvalue weighted by Crippen LogP contribution is -2.34. The molecule has 0 radical (unpaired) electrons. The van der Waals surface area contributed by atoms with Crippen molar-refractivity contribution in [3.63, 3.8) is 0 Å². The molecule has 1 N–H and O–H groups in total. The van der Waals surface area contributed by atoms with Crippen molar-refractivity contribution in [1.29, 1.82) is 0 Å². The molecule has 0 bridgehead atoms. The van der Waals surface area contributed by atoms with Crippen molar-refractivity contribution >= 4 is 0 Å². The van der Waals surface area contributed by atoms with Crippen molar-refractivity contribution in [1.82, 2.24) is 5.32 Å². The first kappa shape index (κ1) is 12.4. The summed E-state index contributed by atoms with van der Waals surface area (Å²) in [6, 6.07) is 8.59. The molecule has 1 saturated carbocycles. The molecule has 3 heteroatoms. The van der Waals surface area contributed by atoms with Crippen LogP contribution >= 0.6 is 0 Å². The smallest absolute Gasteiger partial charge is 0.118 e. The maximum atomic E-state index is 5.96. The van der Waals surface area contributed by atoms with E-state index in [-0.39, 0.29) is 0 Å². The molecule has 1 fully saturated rings. The van der Waals surface area contributed by atoms with Gasteiger partial charge < -0.3 is 14.8 Å². The molecule has 0 heterocycles. The van der Waals surface area contributed by atoms with E-state index in [9.17, 15) is 0 Å². The second-order valence-corrected chi connectivity index (χ2v) is 4.52. The molecular formula is C14H21NO2.